The number of esters is 1. The van der Waals surface area contributed by atoms with Crippen LogP contribution in [0, 0.1) is 11.8 Å². The van der Waals surface area contributed by atoms with Gasteiger partial charge in [-0.1, -0.05) is 20.8 Å². The van der Waals surface area contributed by atoms with Crippen LogP contribution in [0.15, 0.2) is 18.3 Å². The standard InChI is InChI=1S/C23H36N2O4.2ClH/c1-15(2)12-20(24)23(21(26)28-22(4,5)29-23)14-17-13-19(10-11-25-17)27-18-8-6-16(3)7-9-18;;/h10-11,13,15-16,18,20H,6-9,12,14,24H2,1-5H3;2*1H/t16-,18-,20-,23+;;/m0../s1. The molecule has 0 bridgehead atoms. The van der Waals surface area contributed by atoms with Crippen LogP contribution in [-0.4, -0.2) is 34.5 Å². The van der Waals surface area contributed by atoms with Crippen LogP contribution in [0.2, 0.25) is 0 Å². The number of carbonyl (C=O) groups is 1. The summed E-state index contributed by atoms with van der Waals surface area (Å²) in [4.78, 5) is 17.4. The molecular formula is C23H38Cl2N2O4. The molecule has 0 spiro atoms. The van der Waals surface area contributed by atoms with E-state index >= 15 is 0 Å². The van der Waals surface area contributed by atoms with Crippen LogP contribution in [0.4, 0.5) is 0 Å². The first kappa shape index (κ1) is 28.0. The number of nitrogens with zero attached hydrogens (tertiary/aromatic N) is 1. The molecule has 2 aliphatic rings. The SMILES string of the molecule is CC(C)C[C@H](N)[C@@]1(Cc2cc(O[C@H]3CC[C@H](C)CC3)ccn2)OC(C)(C)OC1=O.Cl.Cl. The van der Waals surface area contributed by atoms with Crippen LogP contribution in [-0.2, 0) is 20.7 Å². The van der Waals surface area contributed by atoms with Crippen LogP contribution < -0.4 is 10.5 Å². The molecule has 178 valence electrons. The Morgan fingerprint density at radius 2 is 1.87 bits per heavy atom. The maximum Gasteiger partial charge on any atom is 0.343 e. The Labute approximate surface area is 198 Å². The normalized spacial score (nSPS) is 28.3. The van der Waals surface area contributed by atoms with Crippen molar-refractivity contribution in [2.75, 3.05) is 0 Å². The summed E-state index contributed by atoms with van der Waals surface area (Å²) in [5.74, 6) is 0.480. The molecule has 0 aromatic carbocycles. The first-order chi connectivity index (χ1) is 13.6. The highest BCUT2D eigenvalue weighted by atomic mass is 35.5. The molecule has 1 aliphatic carbocycles. The van der Waals surface area contributed by atoms with Crippen molar-refractivity contribution >= 4 is 30.8 Å². The molecule has 3 rings (SSSR count). The number of nitrogens with two attached hydrogens (primary N) is 1. The number of aromatic nitrogens is 1. The molecule has 1 aromatic rings. The molecule has 2 fully saturated rings. The van der Waals surface area contributed by atoms with Crippen molar-refractivity contribution in [3.05, 3.63) is 24.0 Å². The lowest BCUT2D eigenvalue weighted by molar-refractivity contribution is -0.169. The van der Waals surface area contributed by atoms with Gasteiger partial charge in [0.05, 0.1) is 6.10 Å². The van der Waals surface area contributed by atoms with Crippen molar-refractivity contribution < 1.29 is 19.0 Å². The Morgan fingerprint density at radius 1 is 1.23 bits per heavy atom. The topological polar surface area (TPSA) is 83.7 Å². The van der Waals surface area contributed by atoms with Crippen molar-refractivity contribution in [1.82, 2.24) is 4.98 Å². The number of carbonyl (C=O) groups excluding carboxylic acids is 1. The van der Waals surface area contributed by atoms with E-state index in [1.165, 1.54) is 12.8 Å². The van der Waals surface area contributed by atoms with Gasteiger partial charge >= 0.3 is 5.97 Å². The molecule has 31 heavy (non-hydrogen) atoms. The van der Waals surface area contributed by atoms with E-state index < -0.39 is 23.4 Å². The Bertz CT molecular complexity index is 723. The van der Waals surface area contributed by atoms with Crippen LogP contribution in [0.5, 0.6) is 5.75 Å². The van der Waals surface area contributed by atoms with E-state index in [-0.39, 0.29) is 37.3 Å². The third kappa shape index (κ3) is 6.95. The second kappa shape index (κ2) is 11.2. The number of hydrogen-bond donors (Lipinski definition) is 1. The molecule has 6 nitrogen and oxygen atoms in total. The first-order valence-electron chi connectivity index (χ1n) is 10.9. The zero-order chi connectivity index (χ0) is 21.2. The number of rotatable bonds is 7. The molecule has 1 aromatic heterocycles. The molecule has 2 N–H and O–H groups in total. The van der Waals surface area contributed by atoms with Gasteiger partial charge in [-0.05, 0) is 50.0 Å². The van der Waals surface area contributed by atoms with Crippen molar-refractivity contribution in [3.63, 3.8) is 0 Å². The molecule has 1 saturated heterocycles. The lowest BCUT2D eigenvalue weighted by Gasteiger charge is -2.32. The van der Waals surface area contributed by atoms with Crippen LogP contribution in [0.1, 0.15) is 72.4 Å². The van der Waals surface area contributed by atoms with E-state index in [4.69, 9.17) is 19.9 Å². The molecule has 0 radical (unpaired) electrons. The van der Waals surface area contributed by atoms with Crippen molar-refractivity contribution in [2.24, 2.45) is 17.6 Å². The molecule has 0 unspecified atom stereocenters. The molecule has 2 atom stereocenters. The highest BCUT2D eigenvalue weighted by molar-refractivity contribution is 5.85. The van der Waals surface area contributed by atoms with Crippen molar-refractivity contribution in [2.45, 2.75) is 96.7 Å². The minimum atomic E-state index is -1.24. The van der Waals surface area contributed by atoms with E-state index in [2.05, 4.69) is 25.8 Å². The minimum Gasteiger partial charge on any atom is -0.490 e. The largest absolute Gasteiger partial charge is 0.490 e. The lowest BCUT2D eigenvalue weighted by Crippen LogP contribution is -2.55. The zero-order valence-electron chi connectivity index (χ0n) is 19.3. The van der Waals surface area contributed by atoms with Gasteiger partial charge in [-0.3, -0.25) is 4.98 Å². The summed E-state index contributed by atoms with van der Waals surface area (Å²) >= 11 is 0. The van der Waals surface area contributed by atoms with Gasteiger partial charge in [0.1, 0.15) is 5.75 Å². The lowest BCUT2D eigenvalue weighted by atomic mass is 9.84. The van der Waals surface area contributed by atoms with Gasteiger partial charge in [-0.15, -0.1) is 24.8 Å². The summed E-state index contributed by atoms with van der Waals surface area (Å²) < 4.78 is 17.8. The Balaban J connectivity index is 0.00000240. The fraction of sp³-hybridized carbons (Fsp3) is 0.739. The number of ether oxygens (including phenoxy) is 3. The summed E-state index contributed by atoms with van der Waals surface area (Å²) in [5, 5.41) is 0. The number of hydrogen-bond acceptors (Lipinski definition) is 6. The molecular weight excluding hydrogens is 439 g/mol. The smallest absolute Gasteiger partial charge is 0.343 e. The third-order valence-corrected chi connectivity index (χ3v) is 5.93. The fourth-order valence-corrected chi connectivity index (χ4v) is 4.41. The zero-order valence-corrected chi connectivity index (χ0v) is 20.9. The van der Waals surface area contributed by atoms with Gasteiger partial charge in [-0.25, -0.2) is 4.79 Å². The second-order valence-electron chi connectivity index (χ2n) is 9.68. The highest BCUT2D eigenvalue weighted by Crippen LogP contribution is 2.38. The van der Waals surface area contributed by atoms with Gasteiger partial charge < -0.3 is 19.9 Å². The molecule has 1 saturated carbocycles. The quantitative estimate of drug-likeness (QED) is 0.566. The Morgan fingerprint density at radius 3 is 2.42 bits per heavy atom. The maximum atomic E-state index is 12.9. The predicted molar refractivity (Wildman–Crippen MR) is 126 cm³/mol. The summed E-state index contributed by atoms with van der Waals surface area (Å²) in [6, 6.07) is 3.30. The molecule has 1 aliphatic heterocycles. The van der Waals surface area contributed by atoms with E-state index in [0.717, 1.165) is 30.2 Å². The third-order valence-electron chi connectivity index (χ3n) is 5.93. The van der Waals surface area contributed by atoms with E-state index in [0.29, 0.717) is 12.3 Å². The average Bonchev–Trinajstić information content (AvgIpc) is 2.86. The highest BCUT2D eigenvalue weighted by Gasteiger charge is 2.57. The summed E-state index contributed by atoms with van der Waals surface area (Å²) in [6.45, 7) is 9.94. The van der Waals surface area contributed by atoms with E-state index in [1.54, 1.807) is 20.0 Å². The van der Waals surface area contributed by atoms with Crippen LogP contribution in [0.3, 0.4) is 0 Å². The van der Waals surface area contributed by atoms with E-state index in [1.807, 2.05) is 12.1 Å². The number of cyclic esters (lactones) is 1. The second-order valence-corrected chi connectivity index (χ2v) is 9.68. The van der Waals surface area contributed by atoms with Gasteiger partial charge in [0, 0.05) is 44.3 Å². The van der Waals surface area contributed by atoms with Crippen LogP contribution >= 0.6 is 24.8 Å². The molecule has 2 heterocycles. The van der Waals surface area contributed by atoms with Crippen molar-refractivity contribution in [1.29, 1.82) is 0 Å². The van der Waals surface area contributed by atoms with Crippen molar-refractivity contribution in [3.8, 4) is 5.75 Å². The number of halogens is 2. The van der Waals surface area contributed by atoms with Gasteiger partial charge in [-0.2, -0.15) is 0 Å². The summed E-state index contributed by atoms with van der Waals surface area (Å²) in [5.41, 5.74) is 5.98. The maximum absolute atomic E-state index is 12.9. The molecule has 0 amide bonds. The molecule has 8 heteroatoms. The Hall–Kier alpha value is -1.08. The van der Waals surface area contributed by atoms with Gasteiger partial charge in [0.15, 0.2) is 5.60 Å². The fourth-order valence-electron chi connectivity index (χ4n) is 4.41. The summed E-state index contributed by atoms with van der Waals surface area (Å²) in [6.07, 6.45) is 7.43. The summed E-state index contributed by atoms with van der Waals surface area (Å²) in [7, 11) is 0. The van der Waals surface area contributed by atoms with E-state index in [9.17, 15) is 4.79 Å². The minimum absolute atomic E-state index is 0. The predicted octanol–water partition coefficient (Wildman–Crippen LogP) is 4.85. The average molecular weight is 477 g/mol. The first-order valence-corrected chi connectivity index (χ1v) is 10.9. The Kier molecular flexibility index (Phi) is 10.1. The van der Waals surface area contributed by atoms with Gasteiger partial charge in [0.2, 0.25) is 5.79 Å². The van der Waals surface area contributed by atoms with Crippen LogP contribution in [0.25, 0.3) is 0 Å². The monoisotopic (exact) mass is 476 g/mol. The van der Waals surface area contributed by atoms with Gasteiger partial charge in [0.25, 0.3) is 0 Å². The number of pyridine rings is 1.